The number of hydrogen-bond acceptors (Lipinski definition) is 8. The van der Waals surface area contributed by atoms with E-state index in [-0.39, 0.29) is 12.6 Å². The van der Waals surface area contributed by atoms with Crippen LogP contribution in [0.1, 0.15) is 17.0 Å². The van der Waals surface area contributed by atoms with Gasteiger partial charge in [-0.25, -0.2) is 9.67 Å². The summed E-state index contributed by atoms with van der Waals surface area (Å²) < 4.78 is 14.4. The molecule has 0 saturated heterocycles. The molecule has 33 heavy (non-hydrogen) atoms. The highest BCUT2D eigenvalue weighted by molar-refractivity contribution is 6.00. The molecular formula is C23H18N8O2. The zero-order valence-corrected chi connectivity index (χ0v) is 17.7. The van der Waals surface area contributed by atoms with Gasteiger partial charge in [0.15, 0.2) is 11.5 Å². The summed E-state index contributed by atoms with van der Waals surface area (Å²) in [5, 5.41) is 23.5. The molecule has 6 aromatic rings. The van der Waals surface area contributed by atoms with E-state index < -0.39 is 0 Å². The number of aromatic nitrogens is 8. The summed E-state index contributed by atoms with van der Waals surface area (Å²) in [7, 11) is 0. The van der Waals surface area contributed by atoms with E-state index in [1.807, 2.05) is 60.1 Å². The molecule has 0 N–H and O–H groups in total. The van der Waals surface area contributed by atoms with Gasteiger partial charge in [-0.2, -0.15) is 14.7 Å². The highest BCUT2D eigenvalue weighted by Gasteiger charge is 2.19. The Bertz CT molecular complexity index is 1570. The minimum Gasteiger partial charge on any atom is -0.456 e. The van der Waals surface area contributed by atoms with Crippen LogP contribution in [0.25, 0.3) is 27.9 Å². The molecule has 162 valence electrons. The van der Waals surface area contributed by atoms with Crippen molar-refractivity contribution in [2.24, 2.45) is 0 Å². The van der Waals surface area contributed by atoms with Gasteiger partial charge in [0.1, 0.15) is 30.1 Å². The molecule has 2 aromatic carbocycles. The van der Waals surface area contributed by atoms with Gasteiger partial charge in [-0.15, -0.1) is 5.10 Å². The Hall–Kier alpha value is -4.60. The Kier molecular flexibility index (Phi) is 4.53. The van der Waals surface area contributed by atoms with Crippen LogP contribution in [0.2, 0.25) is 0 Å². The lowest BCUT2D eigenvalue weighted by Crippen LogP contribution is -2.08. The number of aryl methyl sites for hydroxylation is 1. The summed E-state index contributed by atoms with van der Waals surface area (Å²) in [6.45, 7) is 2.59. The molecule has 4 aromatic heterocycles. The molecule has 0 atom stereocenters. The van der Waals surface area contributed by atoms with Crippen LogP contribution in [0.5, 0.6) is 6.01 Å². The van der Waals surface area contributed by atoms with Crippen LogP contribution in [0.3, 0.4) is 0 Å². The molecule has 0 amide bonds. The second-order valence-corrected chi connectivity index (χ2v) is 7.56. The van der Waals surface area contributed by atoms with Crippen molar-refractivity contribution in [1.29, 1.82) is 0 Å². The van der Waals surface area contributed by atoms with E-state index in [0.29, 0.717) is 35.2 Å². The predicted molar refractivity (Wildman–Crippen MR) is 118 cm³/mol. The summed E-state index contributed by atoms with van der Waals surface area (Å²) in [4.78, 5) is 4.52. The normalized spacial score (nSPS) is 11.4. The summed E-state index contributed by atoms with van der Waals surface area (Å²) >= 11 is 0. The smallest absolute Gasteiger partial charge is 0.339 e. The third-order valence-electron chi connectivity index (χ3n) is 5.26. The molecular weight excluding hydrogens is 420 g/mol. The highest BCUT2D eigenvalue weighted by Crippen LogP contribution is 2.29. The van der Waals surface area contributed by atoms with Gasteiger partial charge in [-0.05, 0) is 12.5 Å². The van der Waals surface area contributed by atoms with Crippen molar-refractivity contribution in [3.63, 3.8) is 0 Å². The summed E-state index contributed by atoms with van der Waals surface area (Å²) in [5.41, 5.74) is 3.03. The number of nitrogens with zero attached hydrogens (tertiary/aromatic N) is 8. The molecule has 0 aliphatic carbocycles. The van der Waals surface area contributed by atoms with Crippen molar-refractivity contribution in [2.75, 3.05) is 0 Å². The molecule has 0 unspecified atom stereocenters. The van der Waals surface area contributed by atoms with Gasteiger partial charge >= 0.3 is 6.01 Å². The Morgan fingerprint density at radius 1 is 0.970 bits per heavy atom. The van der Waals surface area contributed by atoms with Gasteiger partial charge in [0.05, 0.1) is 6.54 Å². The van der Waals surface area contributed by atoms with E-state index >= 15 is 0 Å². The van der Waals surface area contributed by atoms with E-state index in [1.54, 1.807) is 4.52 Å². The quantitative estimate of drug-likeness (QED) is 0.389. The van der Waals surface area contributed by atoms with Crippen LogP contribution < -0.4 is 4.74 Å². The Balaban J connectivity index is 1.46. The SMILES string of the molecule is Cc1cc(COc2nnc3c4ccccc4c(-c4ncnn4Cc4ccccc4)nn23)no1. The van der Waals surface area contributed by atoms with Crippen molar-refractivity contribution in [2.45, 2.75) is 20.1 Å². The van der Waals surface area contributed by atoms with E-state index in [0.717, 1.165) is 16.3 Å². The van der Waals surface area contributed by atoms with Crippen LogP contribution in [-0.2, 0) is 13.2 Å². The van der Waals surface area contributed by atoms with Crippen molar-refractivity contribution in [3.8, 4) is 17.5 Å². The molecule has 0 bridgehead atoms. The molecule has 0 aliphatic rings. The van der Waals surface area contributed by atoms with Crippen LogP contribution in [0.4, 0.5) is 0 Å². The molecule has 0 saturated carbocycles. The molecule has 4 heterocycles. The maximum atomic E-state index is 5.87. The van der Waals surface area contributed by atoms with Crippen molar-refractivity contribution < 1.29 is 9.26 Å². The third kappa shape index (κ3) is 3.47. The molecule has 0 fully saturated rings. The van der Waals surface area contributed by atoms with Crippen LogP contribution >= 0.6 is 0 Å². The first kappa shape index (κ1) is 19.1. The Morgan fingerprint density at radius 2 is 1.79 bits per heavy atom. The van der Waals surface area contributed by atoms with E-state index in [1.165, 1.54) is 6.33 Å². The summed E-state index contributed by atoms with van der Waals surface area (Å²) in [6.07, 6.45) is 1.54. The lowest BCUT2D eigenvalue weighted by Gasteiger charge is -2.10. The van der Waals surface area contributed by atoms with Gasteiger partial charge in [0, 0.05) is 16.8 Å². The highest BCUT2D eigenvalue weighted by atomic mass is 16.5. The van der Waals surface area contributed by atoms with Gasteiger partial charge < -0.3 is 9.26 Å². The zero-order chi connectivity index (χ0) is 22.2. The number of benzene rings is 2. The lowest BCUT2D eigenvalue weighted by atomic mass is 10.1. The average Bonchev–Trinajstić information content (AvgIpc) is 3.58. The fraction of sp³-hybridized carbons (Fsp3) is 0.130. The number of rotatable bonds is 6. The maximum Gasteiger partial charge on any atom is 0.339 e. The number of fused-ring (bicyclic) bond motifs is 3. The van der Waals surface area contributed by atoms with Gasteiger partial charge in [0.2, 0.25) is 0 Å². The van der Waals surface area contributed by atoms with Crippen LogP contribution in [0.15, 0.2) is 71.5 Å². The first-order chi connectivity index (χ1) is 16.3. The largest absolute Gasteiger partial charge is 0.456 e. The van der Waals surface area contributed by atoms with Crippen molar-refractivity contribution >= 4 is 16.4 Å². The topological polar surface area (TPSA) is 109 Å². The minimum absolute atomic E-state index is 0.187. The average molecular weight is 438 g/mol. The Labute approximate surface area is 187 Å². The molecule has 10 heteroatoms. The number of hydrogen-bond donors (Lipinski definition) is 0. The van der Waals surface area contributed by atoms with E-state index in [4.69, 9.17) is 14.4 Å². The fourth-order valence-corrected chi connectivity index (χ4v) is 3.76. The third-order valence-corrected chi connectivity index (χ3v) is 5.26. The fourth-order valence-electron chi connectivity index (χ4n) is 3.76. The second-order valence-electron chi connectivity index (χ2n) is 7.56. The second kappa shape index (κ2) is 7.83. The molecule has 6 rings (SSSR count). The van der Waals surface area contributed by atoms with Gasteiger partial charge in [-0.3, -0.25) is 0 Å². The van der Waals surface area contributed by atoms with Crippen molar-refractivity contribution in [3.05, 3.63) is 84.0 Å². The first-order valence-electron chi connectivity index (χ1n) is 10.4. The number of ether oxygens (including phenoxy) is 1. The Morgan fingerprint density at radius 3 is 2.61 bits per heavy atom. The molecule has 10 nitrogen and oxygen atoms in total. The summed E-state index contributed by atoms with van der Waals surface area (Å²) in [6, 6.07) is 20.1. The molecule has 0 aliphatic heterocycles. The minimum atomic E-state index is 0.187. The molecule has 0 spiro atoms. The summed E-state index contributed by atoms with van der Waals surface area (Å²) in [5.74, 6) is 1.35. The first-order valence-corrected chi connectivity index (χ1v) is 10.4. The zero-order valence-electron chi connectivity index (χ0n) is 17.7. The van der Waals surface area contributed by atoms with Crippen LogP contribution in [0, 0.1) is 6.92 Å². The monoisotopic (exact) mass is 438 g/mol. The van der Waals surface area contributed by atoms with Crippen LogP contribution in [-0.4, -0.2) is 39.7 Å². The lowest BCUT2D eigenvalue weighted by molar-refractivity contribution is 0.260. The van der Waals surface area contributed by atoms with Crippen molar-refractivity contribution in [1.82, 2.24) is 39.7 Å². The maximum absolute atomic E-state index is 5.87. The van der Waals surface area contributed by atoms with E-state index in [9.17, 15) is 0 Å². The molecule has 0 radical (unpaired) electrons. The van der Waals surface area contributed by atoms with Gasteiger partial charge in [-0.1, -0.05) is 64.9 Å². The van der Waals surface area contributed by atoms with E-state index in [2.05, 4.69) is 37.6 Å². The standard InChI is InChI=1S/C23H18N8O2/c1-15-11-17(29-33-15)13-32-23-27-26-21-19-10-6-5-9-18(19)20(28-31(21)23)22-24-14-25-30(22)12-16-7-3-2-4-8-16/h2-11,14H,12-13H2,1H3. The predicted octanol–water partition coefficient (Wildman–Crippen LogP) is 3.46. The van der Waals surface area contributed by atoms with Gasteiger partial charge in [0.25, 0.3) is 0 Å².